The zero-order valence-electron chi connectivity index (χ0n) is 13.1. The van der Waals surface area contributed by atoms with Crippen LogP contribution in [0.5, 0.6) is 5.75 Å². The topological polar surface area (TPSA) is 24.5 Å². The van der Waals surface area contributed by atoms with Gasteiger partial charge >= 0.3 is 0 Å². The van der Waals surface area contributed by atoms with Crippen molar-refractivity contribution in [2.45, 2.75) is 33.2 Å². The van der Waals surface area contributed by atoms with Gasteiger partial charge < -0.3 is 10.1 Å². The molecule has 2 atom stereocenters. The van der Waals surface area contributed by atoms with E-state index in [0.717, 1.165) is 38.5 Å². The van der Waals surface area contributed by atoms with Gasteiger partial charge in [-0.3, -0.25) is 4.90 Å². The van der Waals surface area contributed by atoms with Crippen LogP contribution in [0.25, 0.3) is 0 Å². The number of rotatable bonds is 6. The summed E-state index contributed by atoms with van der Waals surface area (Å²) in [5.41, 5.74) is 1.40. The summed E-state index contributed by atoms with van der Waals surface area (Å²) in [5.74, 6) is 1.65. The normalized spacial score (nSPS) is 19.6. The Balaban J connectivity index is 2.22. The minimum atomic E-state index is 0.502. The van der Waals surface area contributed by atoms with E-state index in [-0.39, 0.29) is 0 Å². The molecule has 1 aliphatic rings. The van der Waals surface area contributed by atoms with Crippen molar-refractivity contribution in [2.75, 3.05) is 32.8 Å². The molecule has 1 aromatic rings. The Bertz CT molecular complexity index is 402. The summed E-state index contributed by atoms with van der Waals surface area (Å²) in [4.78, 5) is 2.62. The maximum atomic E-state index is 5.67. The van der Waals surface area contributed by atoms with Gasteiger partial charge in [0.15, 0.2) is 0 Å². The van der Waals surface area contributed by atoms with Crippen molar-refractivity contribution in [3.05, 3.63) is 29.8 Å². The Labute approximate surface area is 123 Å². The molecule has 1 saturated heterocycles. The molecule has 0 bridgehead atoms. The van der Waals surface area contributed by atoms with Crippen molar-refractivity contribution in [3.63, 3.8) is 0 Å². The number of hydrogen-bond donors (Lipinski definition) is 1. The predicted molar refractivity (Wildman–Crippen MR) is 84.2 cm³/mol. The van der Waals surface area contributed by atoms with Gasteiger partial charge in [-0.2, -0.15) is 0 Å². The lowest BCUT2D eigenvalue weighted by Gasteiger charge is -2.38. The van der Waals surface area contributed by atoms with E-state index in [0.29, 0.717) is 12.0 Å². The van der Waals surface area contributed by atoms with Crippen molar-refractivity contribution < 1.29 is 4.74 Å². The van der Waals surface area contributed by atoms with Crippen molar-refractivity contribution in [1.29, 1.82) is 0 Å². The van der Waals surface area contributed by atoms with Crippen LogP contribution in [0, 0.1) is 5.92 Å². The molecule has 1 fully saturated rings. The Hall–Kier alpha value is -1.06. The quantitative estimate of drug-likeness (QED) is 0.864. The molecule has 0 amide bonds. The van der Waals surface area contributed by atoms with Gasteiger partial charge in [-0.25, -0.2) is 0 Å². The van der Waals surface area contributed by atoms with Crippen molar-refractivity contribution in [2.24, 2.45) is 5.92 Å². The molecule has 1 unspecified atom stereocenters. The highest BCUT2D eigenvalue weighted by molar-refractivity contribution is 5.31. The lowest BCUT2D eigenvalue weighted by atomic mass is 9.90. The van der Waals surface area contributed by atoms with E-state index in [1.807, 2.05) is 6.92 Å². The minimum absolute atomic E-state index is 0.502. The lowest BCUT2D eigenvalue weighted by Crippen LogP contribution is -2.46. The summed E-state index contributed by atoms with van der Waals surface area (Å²) >= 11 is 0. The summed E-state index contributed by atoms with van der Waals surface area (Å²) < 4.78 is 5.67. The van der Waals surface area contributed by atoms with Crippen LogP contribution >= 0.6 is 0 Å². The predicted octanol–water partition coefficient (Wildman–Crippen LogP) is 3.08. The SMILES string of the molecule is CCOc1cccc([C@@H](C(C)CC)N2CCNCC2)c1. The first-order valence-corrected chi connectivity index (χ1v) is 7.93. The number of piperazine rings is 1. The third-order valence-electron chi connectivity index (χ3n) is 4.24. The van der Waals surface area contributed by atoms with Crippen LogP contribution in [0.1, 0.15) is 38.8 Å². The molecule has 0 saturated carbocycles. The van der Waals surface area contributed by atoms with Crippen LogP contribution in [0.4, 0.5) is 0 Å². The number of nitrogens with one attached hydrogen (secondary N) is 1. The van der Waals surface area contributed by atoms with Crippen LogP contribution in [-0.4, -0.2) is 37.7 Å². The summed E-state index contributed by atoms with van der Waals surface area (Å²) in [6.45, 7) is 11.9. The first-order chi connectivity index (χ1) is 9.76. The Morgan fingerprint density at radius 1 is 1.25 bits per heavy atom. The van der Waals surface area contributed by atoms with Crippen LogP contribution in [0.2, 0.25) is 0 Å². The van der Waals surface area contributed by atoms with Gasteiger partial charge in [0.05, 0.1) is 6.61 Å². The molecule has 0 spiro atoms. The second-order valence-corrected chi connectivity index (χ2v) is 5.62. The van der Waals surface area contributed by atoms with Gasteiger partial charge in [-0.15, -0.1) is 0 Å². The summed E-state index contributed by atoms with van der Waals surface area (Å²) in [6, 6.07) is 9.16. The third-order valence-corrected chi connectivity index (χ3v) is 4.24. The second-order valence-electron chi connectivity index (χ2n) is 5.62. The molecule has 1 N–H and O–H groups in total. The van der Waals surface area contributed by atoms with Crippen molar-refractivity contribution in [1.82, 2.24) is 10.2 Å². The largest absolute Gasteiger partial charge is 0.494 e. The molecule has 0 aliphatic carbocycles. The highest BCUT2D eigenvalue weighted by Gasteiger charge is 2.26. The molecule has 0 aromatic heterocycles. The number of nitrogens with zero attached hydrogens (tertiary/aromatic N) is 1. The van der Waals surface area contributed by atoms with E-state index in [4.69, 9.17) is 4.74 Å². The van der Waals surface area contributed by atoms with Gasteiger partial charge in [0.25, 0.3) is 0 Å². The second kappa shape index (κ2) is 7.65. The van der Waals surface area contributed by atoms with Gasteiger partial charge in [0.1, 0.15) is 5.75 Å². The Kier molecular flexibility index (Phi) is 5.86. The fraction of sp³-hybridized carbons (Fsp3) is 0.647. The zero-order valence-corrected chi connectivity index (χ0v) is 13.1. The fourth-order valence-corrected chi connectivity index (χ4v) is 3.04. The minimum Gasteiger partial charge on any atom is -0.494 e. The summed E-state index contributed by atoms with van der Waals surface area (Å²) in [6.07, 6.45) is 1.20. The molecule has 1 aliphatic heterocycles. The van der Waals surface area contributed by atoms with E-state index >= 15 is 0 Å². The van der Waals surface area contributed by atoms with E-state index < -0.39 is 0 Å². The van der Waals surface area contributed by atoms with E-state index in [2.05, 4.69) is 48.3 Å². The third kappa shape index (κ3) is 3.74. The van der Waals surface area contributed by atoms with E-state index in [1.165, 1.54) is 12.0 Å². The highest BCUT2D eigenvalue weighted by Crippen LogP contribution is 2.32. The van der Waals surface area contributed by atoms with Crippen molar-refractivity contribution >= 4 is 0 Å². The molecule has 3 heteroatoms. The van der Waals surface area contributed by atoms with Gasteiger partial charge in [0.2, 0.25) is 0 Å². The smallest absolute Gasteiger partial charge is 0.119 e. The van der Waals surface area contributed by atoms with Gasteiger partial charge in [0, 0.05) is 32.2 Å². The van der Waals surface area contributed by atoms with E-state index in [9.17, 15) is 0 Å². The molecule has 20 heavy (non-hydrogen) atoms. The van der Waals surface area contributed by atoms with E-state index in [1.54, 1.807) is 0 Å². The van der Waals surface area contributed by atoms with Crippen LogP contribution < -0.4 is 10.1 Å². The number of benzene rings is 1. The summed E-state index contributed by atoms with van der Waals surface area (Å²) in [5, 5.41) is 3.44. The highest BCUT2D eigenvalue weighted by atomic mass is 16.5. The summed E-state index contributed by atoms with van der Waals surface area (Å²) in [7, 11) is 0. The van der Waals surface area contributed by atoms with Crippen molar-refractivity contribution in [3.8, 4) is 5.75 Å². The molecule has 3 nitrogen and oxygen atoms in total. The lowest BCUT2D eigenvalue weighted by molar-refractivity contribution is 0.128. The molecule has 0 radical (unpaired) electrons. The maximum Gasteiger partial charge on any atom is 0.119 e. The molecule has 2 rings (SSSR count). The fourth-order valence-electron chi connectivity index (χ4n) is 3.04. The average Bonchev–Trinajstić information content (AvgIpc) is 2.49. The molecular formula is C17H28N2O. The van der Waals surface area contributed by atoms with Gasteiger partial charge in [-0.05, 0) is 30.5 Å². The average molecular weight is 276 g/mol. The maximum absolute atomic E-state index is 5.67. The number of ether oxygens (including phenoxy) is 1. The molecular weight excluding hydrogens is 248 g/mol. The number of hydrogen-bond acceptors (Lipinski definition) is 3. The Morgan fingerprint density at radius 2 is 2.00 bits per heavy atom. The van der Waals surface area contributed by atoms with Crippen LogP contribution in [-0.2, 0) is 0 Å². The monoisotopic (exact) mass is 276 g/mol. The molecule has 112 valence electrons. The Morgan fingerprint density at radius 3 is 2.65 bits per heavy atom. The standard InChI is InChI=1S/C17H28N2O/c1-4-14(3)17(19-11-9-18-10-12-19)15-7-6-8-16(13-15)20-5-2/h6-8,13-14,17-18H,4-5,9-12H2,1-3H3/t14?,17-/m1/s1. The van der Waals surface area contributed by atoms with Gasteiger partial charge in [-0.1, -0.05) is 32.4 Å². The first kappa shape index (κ1) is 15.3. The molecule has 1 aromatic carbocycles. The zero-order chi connectivity index (χ0) is 14.4. The van der Waals surface area contributed by atoms with Crippen LogP contribution in [0.3, 0.4) is 0 Å². The first-order valence-electron chi connectivity index (χ1n) is 7.93. The van der Waals surface area contributed by atoms with Crippen LogP contribution in [0.15, 0.2) is 24.3 Å². The molecule has 1 heterocycles.